The van der Waals surface area contributed by atoms with E-state index in [0.29, 0.717) is 35.4 Å². The van der Waals surface area contributed by atoms with Crippen molar-refractivity contribution >= 4 is 39.1 Å². The van der Waals surface area contributed by atoms with Crippen LogP contribution in [0.15, 0.2) is 54.6 Å². The number of nitrogens with zero attached hydrogens (tertiary/aromatic N) is 4. The lowest BCUT2D eigenvalue weighted by atomic mass is 9.97. The maximum atomic E-state index is 13.2. The Kier molecular flexibility index (Phi) is 5.05. The van der Waals surface area contributed by atoms with E-state index in [1.807, 2.05) is 54.3 Å². The average Bonchev–Trinajstić information content (AvgIpc) is 3.34. The van der Waals surface area contributed by atoms with Gasteiger partial charge in [0.1, 0.15) is 5.15 Å². The van der Waals surface area contributed by atoms with Crippen LogP contribution in [0.5, 0.6) is 0 Å². The molecule has 0 radical (unpaired) electrons. The number of aromatic nitrogens is 3. The van der Waals surface area contributed by atoms with E-state index in [9.17, 15) is 4.79 Å². The highest BCUT2D eigenvalue weighted by Gasteiger charge is 2.30. The molecule has 1 fully saturated rings. The smallest absolute Gasteiger partial charge is 0.258 e. The number of aryl methyl sites for hydroxylation is 1. The molecule has 0 spiro atoms. The van der Waals surface area contributed by atoms with E-state index in [-0.39, 0.29) is 5.91 Å². The van der Waals surface area contributed by atoms with Gasteiger partial charge in [-0.2, -0.15) is 5.10 Å². The molecule has 0 aliphatic carbocycles. The van der Waals surface area contributed by atoms with Crippen molar-refractivity contribution in [2.24, 2.45) is 0 Å². The first-order valence-electron chi connectivity index (χ1n) is 10.1. The quantitative estimate of drug-likeness (QED) is 0.428. The highest BCUT2D eigenvalue weighted by molar-refractivity contribution is 7.18. The standard InChI is InChI=1S/C23H21ClN4OS/c1-15-20(21(24)28(26-15)17-7-3-2-4-8-17)23(29)27-13-11-16(12-14-27)22-25-18-9-5-6-10-19(18)30-22/h2-10,16H,11-14H2,1H3. The van der Waals surface area contributed by atoms with Gasteiger partial charge in [0, 0.05) is 19.0 Å². The molecule has 1 saturated heterocycles. The zero-order chi connectivity index (χ0) is 20.7. The van der Waals surface area contributed by atoms with E-state index < -0.39 is 0 Å². The topological polar surface area (TPSA) is 51.0 Å². The highest BCUT2D eigenvalue weighted by atomic mass is 35.5. The van der Waals surface area contributed by atoms with Crippen molar-refractivity contribution in [1.29, 1.82) is 0 Å². The lowest BCUT2D eigenvalue weighted by Crippen LogP contribution is -2.38. The summed E-state index contributed by atoms with van der Waals surface area (Å²) < 4.78 is 2.86. The van der Waals surface area contributed by atoms with Crippen LogP contribution < -0.4 is 0 Å². The molecular formula is C23H21ClN4OS. The summed E-state index contributed by atoms with van der Waals surface area (Å²) in [6.07, 6.45) is 1.82. The van der Waals surface area contributed by atoms with Gasteiger partial charge < -0.3 is 4.90 Å². The fourth-order valence-corrected chi connectivity index (χ4v) is 5.52. The third-order valence-electron chi connectivity index (χ3n) is 5.66. The van der Waals surface area contributed by atoms with Crippen LogP contribution >= 0.6 is 22.9 Å². The fraction of sp³-hybridized carbons (Fsp3) is 0.261. The van der Waals surface area contributed by atoms with Gasteiger partial charge >= 0.3 is 0 Å². The van der Waals surface area contributed by atoms with E-state index in [0.717, 1.165) is 24.0 Å². The van der Waals surface area contributed by atoms with Crippen molar-refractivity contribution in [3.05, 3.63) is 76.0 Å². The zero-order valence-corrected chi connectivity index (χ0v) is 18.2. The molecule has 2 aromatic carbocycles. The normalized spacial score (nSPS) is 15.1. The molecule has 3 heterocycles. The molecule has 0 N–H and O–H groups in total. The number of benzene rings is 2. The second-order valence-electron chi connectivity index (χ2n) is 7.58. The summed E-state index contributed by atoms with van der Waals surface area (Å²) in [6.45, 7) is 3.24. The number of hydrogen-bond donors (Lipinski definition) is 0. The monoisotopic (exact) mass is 436 g/mol. The molecule has 1 aliphatic heterocycles. The number of thiazole rings is 1. The van der Waals surface area contributed by atoms with Gasteiger partial charge in [-0.25, -0.2) is 9.67 Å². The number of likely N-dealkylation sites (tertiary alicyclic amines) is 1. The summed E-state index contributed by atoms with van der Waals surface area (Å²) in [5.74, 6) is 0.359. The molecule has 0 unspecified atom stereocenters. The number of amides is 1. The van der Waals surface area contributed by atoms with Crippen molar-refractivity contribution in [1.82, 2.24) is 19.7 Å². The second-order valence-corrected chi connectivity index (χ2v) is 9.01. The number of piperidine rings is 1. The van der Waals surface area contributed by atoms with Gasteiger partial charge in [0.05, 0.1) is 32.2 Å². The summed E-state index contributed by atoms with van der Waals surface area (Å²) in [6, 6.07) is 17.9. The van der Waals surface area contributed by atoms with Crippen LogP contribution in [0.3, 0.4) is 0 Å². The Morgan fingerprint density at radius 2 is 1.77 bits per heavy atom. The molecular weight excluding hydrogens is 416 g/mol. The van der Waals surface area contributed by atoms with Crippen LogP contribution in [-0.4, -0.2) is 38.7 Å². The Morgan fingerprint density at radius 3 is 2.50 bits per heavy atom. The number of carbonyl (C=O) groups is 1. The van der Waals surface area contributed by atoms with Crippen molar-refractivity contribution in [2.75, 3.05) is 13.1 Å². The molecule has 1 aliphatic rings. The minimum atomic E-state index is -0.0394. The van der Waals surface area contributed by atoms with E-state index >= 15 is 0 Å². The van der Waals surface area contributed by atoms with Crippen molar-refractivity contribution in [3.8, 4) is 5.69 Å². The Bertz CT molecular complexity index is 1180. The zero-order valence-electron chi connectivity index (χ0n) is 16.6. The maximum Gasteiger partial charge on any atom is 0.258 e. The maximum absolute atomic E-state index is 13.2. The first kappa shape index (κ1) is 19.3. The SMILES string of the molecule is Cc1nn(-c2ccccc2)c(Cl)c1C(=O)N1CCC(c2nc3ccccc3s2)CC1. The summed E-state index contributed by atoms with van der Waals surface area (Å²) in [5, 5.41) is 6.06. The molecule has 152 valence electrons. The highest BCUT2D eigenvalue weighted by Crippen LogP contribution is 2.35. The molecule has 2 aromatic heterocycles. The number of carbonyl (C=O) groups excluding carboxylic acids is 1. The van der Waals surface area contributed by atoms with Crippen molar-refractivity contribution in [2.45, 2.75) is 25.7 Å². The van der Waals surface area contributed by atoms with Gasteiger partial charge in [-0.15, -0.1) is 11.3 Å². The third-order valence-corrected chi connectivity index (χ3v) is 7.21. The van der Waals surface area contributed by atoms with E-state index in [4.69, 9.17) is 16.6 Å². The number of rotatable bonds is 3. The summed E-state index contributed by atoms with van der Waals surface area (Å²) in [4.78, 5) is 20.0. The molecule has 30 heavy (non-hydrogen) atoms. The first-order valence-corrected chi connectivity index (χ1v) is 11.3. The van der Waals surface area contributed by atoms with E-state index in [2.05, 4.69) is 17.2 Å². The van der Waals surface area contributed by atoms with Crippen molar-refractivity contribution in [3.63, 3.8) is 0 Å². The summed E-state index contributed by atoms with van der Waals surface area (Å²) >= 11 is 8.36. The van der Waals surface area contributed by atoms with Crippen LogP contribution in [0.4, 0.5) is 0 Å². The number of para-hydroxylation sites is 2. The van der Waals surface area contributed by atoms with Crippen LogP contribution in [-0.2, 0) is 0 Å². The Hall–Kier alpha value is -2.70. The summed E-state index contributed by atoms with van der Waals surface area (Å²) in [5.41, 5.74) is 3.06. The van der Waals surface area contributed by atoms with Gasteiger partial charge in [0.2, 0.25) is 0 Å². The second kappa shape index (κ2) is 7.85. The van der Waals surface area contributed by atoms with Crippen LogP contribution in [0, 0.1) is 6.92 Å². The van der Waals surface area contributed by atoms with Gasteiger partial charge in [-0.05, 0) is 44.0 Å². The molecule has 4 aromatic rings. The number of hydrogen-bond acceptors (Lipinski definition) is 4. The predicted octanol–water partition coefficient (Wildman–Crippen LogP) is 5.46. The largest absolute Gasteiger partial charge is 0.338 e. The van der Waals surface area contributed by atoms with Gasteiger partial charge in [0.15, 0.2) is 0 Å². The Balaban J connectivity index is 1.33. The number of halogens is 1. The average molecular weight is 437 g/mol. The molecule has 7 heteroatoms. The molecule has 5 rings (SSSR count). The number of fused-ring (bicyclic) bond motifs is 1. The van der Waals surface area contributed by atoms with Crippen LogP contribution in [0.2, 0.25) is 5.15 Å². The van der Waals surface area contributed by atoms with Gasteiger partial charge in [-0.3, -0.25) is 4.79 Å². The molecule has 0 bridgehead atoms. The first-order chi connectivity index (χ1) is 14.6. The Labute approximate surface area is 183 Å². The predicted molar refractivity (Wildman–Crippen MR) is 121 cm³/mol. The van der Waals surface area contributed by atoms with Gasteiger partial charge in [0.25, 0.3) is 5.91 Å². The van der Waals surface area contributed by atoms with Gasteiger partial charge in [-0.1, -0.05) is 41.9 Å². The molecule has 5 nitrogen and oxygen atoms in total. The van der Waals surface area contributed by atoms with Crippen LogP contribution in [0.25, 0.3) is 15.9 Å². The van der Waals surface area contributed by atoms with E-state index in [1.165, 1.54) is 9.71 Å². The minimum Gasteiger partial charge on any atom is -0.338 e. The lowest BCUT2D eigenvalue weighted by Gasteiger charge is -2.31. The molecule has 0 atom stereocenters. The lowest BCUT2D eigenvalue weighted by molar-refractivity contribution is 0.0712. The van der Waals surface area contributed by atoms with Crippen molar-refractivity contribution < 1.29 is 4.79 Å². The summed E-state index contributed by atoms with van der Waals surface area (Å²) in [7, 11) is 0. The minimum absolute atomic E-state index is 0.0394. The Morgan fingerprint density at radius 1 is 1.07 bits per heavy atom. The fourth-order valence-electron chi connectivity index (χ4n) is 4.03. The molecule has 0 saturated carbocycles. The van der Waals surface area contributed by atoms with Crippen LogP contribution in [0.1, 0.15) is 39.8 Å². The van der Waals surface area contributed by atoms with E-state index in [1.54, 1.807) is 16.0 Å². The third kappa shape index (κ3) is 3.40. The molecule has 1 amide bonds.